The first-order chi connectivity index (χ1) is 11.8. The number of thiophene rings is 1. The monoisotopic (exact) mass is 339 g/mol. The zero-order chi connectivity index (χ0) is 16.4. The molecule has 0 radical (unpaired) electrons. The van der Waals surface area contributed by atoms with Crippen LogP contribution >= 0.6 is 11.3 Å². The summed E-state index contributed by atoms with van der Waals surface area (Å²) in [6.45, 7) is 1.39. The second kappa shape index (κ2) is 6.69. The number of benzene rings is 1. The van der Waals surface area contributed by atoms with Crippen LogP contribution in [0.5, 0.6) is 0 Å². The molecule has 1 saturated carbocycles. The molecule has 0 unspecified atom stereocenters. The standard InChI is InChI=1S/C19H21N3OS/c23-19(21-10-13-7-8-13)22-12-16(18-6-3-9-24-18)15-11-20-17-5-2-1-4-14(15)17/h1-6,9,11,13,16,20H,7-8,10,12H2,(H2,21,22,23)/t16-/m0/s1. The van der Waals surface area contributed by atoms with E-state index in [-0.39, 0.29) is 11.9 Å². The molecule has 1 atom stereocenters. The van der Waals surface area contributed by atoms with Gasteiger partial charge in [0.05, 0.1) is 0 Å². The van der Waals surface area contributed by atoms with Crippen LogP contribution in [0.15, 0.2) is 48.0 Å². The van der Waals surface area contributed by atoms with Crippen molar-refractivity contribution in [2.75, 3.05) is 13.1 Å². The molecular formula is C19H21N3OS. The Hall–Kier alpha value is -2.27. The Morgan fingerprint density at radius 2 is 2.08 bits per heavy atom. The highest BCUT2D eigenvalue weighted by Crippen LogP contribution is 2.32. The van der Waals surface area contributed by atoms with E-state index >= 15 is 0 Å². The molecule has 24 heavy (non-hydrogen) atoms. The maximum atomic E-state index is 12.1. The summed E-state index contributed by atoms with van der Waals surface area (Å²) in [6.07, 6.45) is 4.56. The van der Waals surface area contributed by atoms with Crippen LogP contribution in [0.3, 0.4) is 0 Å². The number of rotatable bonds is 6. The SMILES string of the molecule is O=C(NCC1CC1)NC[C@H](c1cccs1)c1c[nH]c2ccccc12. The number of aromatic amines is 1. The number of fused-ring (bicyclic) bond motifs is 1. The lowest BCUT2D eigenvalue weighted by Gasteiger charge is -2.16. The van der Waals surface area contributed by atoms with E-state index in [4.69, 9.17) is 0 Å². The minimum atomic E-state index is -0.0664. The molecule has 0 saturated heterocycles. The molecule has 2 amide bonds. The summed E-state index contributed by atoms with van der Waals surface area (Å²) in [6, 6.07) is 12.4. The van der Waals surface area contributed by atoms with Crippen molar-refractivity contribution in [1.29, 1.82) is 0 Å². The van der Waals surface area contributed by atoms with Crippen molar-refractivity contribution in [2.24, 2.45) is 5.92 Å². The average molecular weight is 339 g/mol. The normalized spacial score (nSPS) is 15.3. The molecule has 4 nitrogen and oxygen atoms in total. The molecule has 124 valence electrons. The molecule has 0 spiro atoms. The number of hydrogen-bond acceptors (Lipinski definition) is 2. The van der Waals surface area contributed by atoms with Crippen molar-refractivity contribution in [1.82, 2.24) is 15.6 Å². The molecule has 2 aromatic heterocycles. The van der Waals surface area contributed by atoms with E-state index in [1.165, 1.54) is 28.7 Å². The van der Waals surface area contributed by atoms with Crippen molar-refractivity contribution < 1.29 is 4.79 Å². The third kappa shape index (κ3) is 3.31. The van der Waals surface area contributed by atoms with Crippen LogP contribution in [0.4, 0.5) is 4.79 Å². The summed E-state index contributed by atoms with van der Waals surface area (Å²) in [4.78, 5) is 16.7. The second-order valence-electron chi connectivity index (χ2n) is 6.39. The zero-order valence-electron chi connectivity index (χ0n) is 13.4. The van der Waals surface area contributed by atoms with Gasteiger partial charge in [-0.05, 0) is 41.8 Å². The fourth-order valence-corrected chi connectivity index (χ4v) is 3.90. The maximum absolute atomic E-state index is 12.1. The number of carbonyl (C=O) groups excluding carboxylic acids is 1. The lowest BCUT2D eigenvalue weighted by atomic mass is 9.97. The van der Waals surface area contributed by atoms with Crippen molar-refractivity contribution in [3.8, 4) is 0 Å². The predicted molar refractivity (Wildman–Crippen MR) is 98.6 cm³/mol. The van der Waals surface area contributed by atoms with Crippen LogP contribution in [0, 0.1) is 5.92 Å². The highest BCUT2D eigenvalue weighted by molar-refractivity contribution is 7.10. The largest absolute Gasteiger partial charge is 0.361 e. The van der Waals surface area contributed by atoms with Gasteiger partial charge in [-0.3, -0.25) is 0 Å². The van der Waals surface area contributed by atoms with E-state index in [1.54, 1.807) is 11.3 Å². The molecule has 5 heteroatoms. The fraction of sp³-hybridized carbons (Fsp3) is 0.316. The van der Waals surface area contributed by atoms with E-state index in [9.17, 15) is 4.79 Å². The number of urea groups is 1. The second-order valence-corrected chi connectivity index (χ2v) is 7.37. The van der Waals surface area contributed by atoms with E-state index in [1.807, 2.05) is 6.07 Å². The number of para-hydroxylation sites is 1. The average Bonchev–Trinajstić information content (AvgIpc) is 3.09. The molecule has 2 heterocycles. The first-order valence-corrected chi connectivity index (χ1v) is 9.30. The topological polar surface area (TPSA) is 56.9 Å². The minimum Gasteiger partial charge on any atom is -0.361 e. The number of aromatic nitrogens is 1. The molecular weight excluding hydrogens is 318 g/mol. The summed E-state index contributed by atoms with van der Waals surface area (Å²) in [5.74, 6) is 0.852. The summed E-state index contributed by atoms with van der Waals surface area (Å²) in [5.41, 5.74) is 2.36. The van der Waals surface area contributed by atoms with E-state index in [2.05, 4.69) is 57.5 Å². The molecule has 1 fully saturated rings. The molecule has 0 aliphatic heterocycles. The van der Waals surface area contributed by atoms with E-state index in [0.717, 1.165) is 12.1 Å². The molecule has 1 aliphatic rings. The Labute approximate surface area is 145 Å². The van der Waals surface area contributed by atoms with Crippen LogP contribution in [0.25, 0.3) is 10.9 Å². The number of H-pyrrole nitrogens is 1. The summed E-state index contributed by atoms with van der Waals surface area (Å²) >= 11 is 1.73. The Bertz CT molecular complexity index is 820. The van der Waals surface area contributed by atoms with Crippen molar-refractivity contribution in [2.45, 2.75) is 18.8 Å². The number of hydrogen-bond donors (Lipinski definition) is 3. The minimum absolute atomic E-state index is 0.0664. The van der Waals surface area contributed by atoms with Gasteiger partial charge in [0.2, 0.25) is 0 Å². The summed E-state index contributed by atoms with van der Waals surface area (Å²) in [7, 11) is 0. The maximum Gasteiger partial charge on any atom is 0.314 e. The number of carbonyl (C=O) groups is 1. The molecule has 4 rings (SSSR count). The van der Waals surface area contributed by atoms with Crippen LogP contribution in [0.2, 0.25) is 0 Å². The Morgan fingerprint density at radius 1 is 1.21 bits per heavy atom. The van der Waals surface area contributed by atoms with Gasteiger partial charge in [-0.15, -0.1) is 11.3 Å². The Balaban J connectivity index is 1.52. The summed E-state index contributed by atoms with van der Waals surface area (Å²) < 4.78 is 0. The molecule has 1 aromatic carbocycles. The first-order valence-electron chi connectivity index (χ1n) is 8.42. The number of nitrogens with one attached hydrogen (secondary N) is 3. The van der Waals surface area contributed by atoms with Gasteiger partial charge in [0.1, 0.15) is 0 Å². The van der Waals surface area contributed by atoms with Crippen molar-refractivity contribution in [3.05, 3.63) is 58.4 Å². The van der Waals surface area contributed by atoms with E-state index < -0.39 is 0 Å². The van der Waals surface area contributed by atoms with Gasteiger partial charge in [-0.1, -0.05) is 24.3 Å². The van der Waals surface area contributed by atoms with Gasteiger partial charge >= 0.3 is 6.03 Å². The van der Waals surface area contributed by atoms with Gasteiger partial charge in [0.25, 0.3) is 0 Å². The smallest absolute Gasteiger partial charge is 0.314 e. The van der Waals surface area contributed by atoms with Gasteiger partial charge < -0.3 is 15.6 Å². The van der Waals surface area contributed by atoms with Gasteiger partial charge in [0.15, 0.2) is 0 Å². The van der Waals surface area contributed by atoms with Gasteiger partial charge in [-0.25, -0.2) is 4.79 Å². The van der Waals surface area contributed by atoms with Gasteiger partial charge in [-0.2, -0.15) is 0 Å². The summed E-state index contributed by atoms with van der Waals surface area (Å²) in [5, 5.41) is 9.33. The molecule has 1 aliphatic carbocycles. The zero-order valence-corrected chi connectivity index (χ0v) is 14.2. The Kier molecular flexibility index (Phi) is 4.26. The molecule has 3 N–H and O–H groups in total. The quantitative estimate of drug-likeness (QED) is 0.623. The highest BCUT2D eigenvalue weighted by Gasteiger charge is 2.23. The fourth-order valence-electron chi connectivity index (χ4n) is 3.05. The molecule has 0 bridgehead atoms. The van der Waals surface area contributed by atoms with Crippen LogP contribution < -0.4 is 10.6 Å². The predicted octanol–water partition coefficient (Wildman–Crippen LogP) is 4.07. The van der Waals surface area contributed by atoms with Crippen LogP contribution in [-0.2, 0) is 0 Å². The highest BCUT2D eigenvalue weighted by atomic mass is 32.1. The van der Waals surface area contributed by atoms with E-state index in [0.29, 0.717) is 12.5 Å². The van der Waals surface area contributed by atoms with Crippen molar-refractivity contribution >= 4 is 28.3 Å². The number of amides is 2. The van der Waals surface area contributed by atoms with Crippen molar-refractivity contribution in [3.63, 3.8) is 0 Å². The first kappa shape index (κ1) is 15.3. The van der Waals surface area contributed by atoms with Crippen LogP contribution in [0.1, 0.15) is 29.2 Å². The lowest BCUT2D eigenvalue weighted by Crippen LogP contribution is -2.38. The van der Waals surface area contributed by atoms with Crippen LogP contribution in [-0.4, -0.2) is 24.1 Å². The molecule has 3 aromatic rings. The van der Waals surface area contributed by atoms with Gasteiger partial charge in [0, 0.05) is 41.0 Å². The Morgan fingerprint density at radius 3 is 2.88 bits per heavy atom. The third-order valence-electron chi connectivity index (χ3n) is 4.60. The lowest BCUT2D eigenvalue weighted by molar-refractivity contribution is 0.240. The third-order valence-corrected chi connectivity index (χ3v) is 5.58.